The number of carboxylic acid groups (broad SMARTS) is 2. The van der Waals surface area contributed by atoms with Gasteiger partial charge in [-0.05, 0) is 48.7 Å². The Kier molecular flexibility index (Phi) is 9.86. The van der Waals surface area contributed by atoms with E-state index >= 15 is 0 Å². The predicted octanol–water partition coefficient (Wildman–Crippen LogP) is 2.21. The van der Waals surface area contributed by atoms with Crippen molar-refractivity contribution in [3.8, 4) is 11.3 Å². The number of nitrogens with zero attached hydrogens (tertiary/aromatic N) is 1. The summed E-state index contributed by atoms with van der Waals surface area (Å²) in [6.07, 6.45) is -0.833. The van der Waals surface area contributed by atoms with Gasteiger partial charge in [0.25, 0.3) is 6.01 Å². The van der Waals surface area contributed by atoms with Crippen molar-refractivity contribution < 1.29 is 34.4 Å². The zero-order valence-electron chi connectivity index (χ0n) is 20.1. The zero-order chi connectivity index (χ0) is 26.9. The Bertz CT molecular complexity index is 1200. The Morgan fingerprint density at radius 2 is 1.70 bits per heavy atom. The van der Waals surface area contributed by atoms with Crippen LogP contribution in [0.1, 0.15) is 16.7 Å². The summed E-state index contributed by atoms with van der Waals surface area (Å²) in [5.74, 6) is -3.54. The second-order valence-electron chi connectivity index (χ2n) is 8.21. The number of fused-ring (bicyclic) bond motifs is 1. The molecule has 0 spiro atoms. The molecule has 0 fully saturated rings. The van der Waals surface area contributed by atoms with E-state index < -0.39 is 24.1 Å². The number of anilines is 2. The zero-order valence-corrected chi connectivity index (χ0v) is 20.8. The van der Waals surface area contributed by atoms with E-state index in [9.17, 15) is 9.59 Å². The SMILES string of the molecule is CNc1nc(-c2ccc(CNc3c(Cl)ccc4c3CCNCC4)cc2)co1.O=C(O)C(O)C(O)C(=O)O. The number of aliphatic hydroxyl groups excluding tert-OH is 2. The molecule has 1 aliphatic rings. The van der Waals surface area contributed by atoms with Crippen LogP contribution in [0.5, 0.6) is 0 Å². The molecular formula is C25H29ClN4O7. The van der Waals surface area contributed by atoms with Crippen LogP contribution in [0.25, 0.3) is 11.3 Å². The van der Waals surface area contributed by atoms with Crippen molar-refractivity contribution in [2.75, 3.05) is 30.8 Å². The number of hydrogen-bond donors (Lipinski definition) is 7. The van der Waals surface area contributed by atoms with E-state index in [1.807, 2.05) is 6.07 Å². The van der Waals surface area contributed by atoms with E-state index in [0.29, 0.717) is 6.01 Å². The molecule has 12 heteroatoms. The Morgan fingerprint density at radius 3 is 2.30 bits per heavy atom. The molecule has 2 atom stereocenters. The molecular weight excluding hydrogens is 504 g/mol. The van der Waals surface area contributed by atoms with Gasteiger partial charge in [0.2, 0.25) is 0 Å². The highest BCUT2D eigenvalue weighted by molar-refractivity contribution is 6.33. The Hall–Kier alpha value is -3.64. The van der Waals surface area contributed by atoms with E-state index in [1.165, 1.54) is 16.7 Å². The predicted molar refractivity (Wildman–Crippen MR) is 138 cm³/mol. The van der Waals surface area contributed by atoms with Gasteiger partial charge in [-0.3, -0.25) is 0 Å². The Balaban J connectivity index is 0.000000325. The summed E-state index contributed by atoms with van der Waals surface area (Å²) >= 11 is 6.49. The molecule has 4 rings (SSSR count). The highest BCUT2D eigenvalue weighted by Crippen LogP contribution is 2.31. The number of aliphatic carboxylic acids is 2. The first-order valence-corrected chi connectivity index (χ1v) is 11.9. The number of aliphatic hydroxyl groups is 2. The summed E-state index contributed by atoms with van der Waals surface area (Å²) in [5, 5.41) is 43.2. The summed E-state index contributed by atoms with van der Waals surface area (Å²) in [4.78, 5) is 23.9. The van der Waals surface area contributed by atoms with E-state index in [-0.39, 0.29) is 0 Å². The van der Waals surface area contributed by atoms with Crippen molar-refractivity contribution in [1.82, 2.24) is 10.3 Å². The fourth-order valence-electron chi connectivity index (χ4n) is 3.71. The van der Waals surface area contributed by atoms with E-state index in [2.05, 4.69) is 51.3 Å². The van der Waals surface area contributed by atoms with Crippen molar-refractivity contribution in [2.24, 2.45) is 0 Å². The molecule has 0 saturated heterocycles. The van der Waals surface area contributed by atoms with E-state index in [1.54, 1.807) is 13.3 Å². The van der Waals surface area contributed by atoms with Crippen molar-refractivity contribution in [3.63, 3.8) is 0 Å². The minimum Gasteiger partial charge on any atom is -0.479 e. The van der Waals surface area contributed by atoms with Crippen molar-refractivity contribution in [1.29, 1.82) is 0 Å². The molecule has 2 aromatic carbocycles. The lowest BCUT2D eigenvalue weighted by Gasteiger charge is -2.16. The molecule has 2 unspecified atom stereocenters. The van der Waals surface area contributed by atoms with Gasteiger partial charge >= 0.3 is 11.9 Å². The standard InChI is InChI=1S/C21H23ClN4O.C4H6O6/c1-23-21-26-19(13-27-21)16-4-2-14(3-5-16)12-25-20-17-9-11-24-10-8-15(17)6-7-18(20)22;5-1(3(7)8)2(6)4(9)10/h2-7,13,24-25H,8-12H2,1H3,(H,23,26);1-2,5-6H,(H,7,8)(H,9,10). The van der Waals surface area contributed by atoms with Crippen LogP contribution < -0.4 is 16.0 Å². The number of carbonyl (C=O) groups is 2. The van der Waals surface area contributed by atoms with E-state index in [4.69, 9.17) is 36.4 Å². The second kappa shape index (κ2) is 13.1. The van der Waals surface area contributed by atoms with Crippen LogP contribution >= 0.6 is 11.6 Å². The smallest absolute Gasteiger partial charge is 0.335 e. The number of carboxylic acids is 2. The van der Waals surface area contributed by atoms with Crippen LogP contribution in [0.15, 0.2) is 47.1 Å². The normalized spacial score (nSPS) is 14.3. The van der Waals surface area contributed by atoms with Gasteiger partial charge in [-0.1, -0.05) is 41.9 Å². The van der Waals surface area contributed by atoms with E-state index in [0.717, 1.165) is 54.4 Å². The van der Waals surface area contributed by atoms with Gasteiger partial charge in [0, 0.05) is 19.2 Å². The molecule has 0 amide bonds. The number of benzene rings is 2. The maximum Gasteiger partial charge on any atom is 0.335 e. The topological polar surface area (TPSA) is 177 Å². The van der Waals surface area contributed by atoms with Gasteiger partial charge in [0.15, 0.2) is 12.2 Å². The third kappa shape index (κ3) is 7.43. The summed E-state index contributed by atoms with van der Waals surface area (Å²) in [7, 11) is 1.79. The first-order valence-electron chi connectivity index (χ1n) is 11.5. The molecule has 198 valence electrons. The molecule has 0 saturated carbocycles. The monoisotopic (exact) mass is 532 g/mol. The molecule has 0 radical (unpaired) electrons. The lowest BCUT2D eigenvalue weighted by Crippen LogP contribution is -2.39. The molecule has 0 aliphatic carbocycles. The van der Waals surface area contributed by atoms with Crippen molar-refractivity contribution in [2.45, 2.75) is 31.6 Å². The Labute approximate surface area is 218 Å². The summed E-state index contributed by atoms with van der Waals surface area (Å²) < 4.78 is 5.33. The van der Waals surface area contributed by atoms with Crippen LogP contribution in [0, 0.1) is 0 Å². The van der Waals surface area contributed by atoms with Gasteiger partial charge in [0.05, 0.1) is 10.7 Å². The second-order valence-corrected chi connectivity index (χ2v) is 8.62. The Morgan fingerprint density at radius 1 is 1.05 bits per heavy atom. The van der Waals surface area contributed by atoms with Crippen LogP contribution in [0.4, 0.5) is 11.7 Å². The first kappa shape index (κ1) is 27.9. The summed E-state index contributed by atoms with van der Waals surface area (Å²) in [6, 6.07) is 13.0. The minimum absolute atomic E-state index is 0.518. The largest absolute Gasteiger partial charge is 0.479 e. The number of oxazole rings is 1. The molecule has 11 nitrogen and oxygen atoms in total. The average Bonchev–Trinajstić information content (AvgIpc) is 3.25. The lowest BCUT2D eigenvalue weighted by molar-refractivity contribution is -0.165. The van der Waals surface area contributed by atoms with Crippen LogP contribution in [-0.4, -0.2) is 69.7 Å². The maximum atomic E-state index is 9.77. The van der Waals surface area contributed by atoms with Gasteiger partial charge in [-0.2, -0.15) is 4.98 Å². The molecule has 1 aliphatic heterocycles. The molecule has 3 aromatic rings. The number of halogens is 1. The quantitative estimate of drug-likeness (QED) is 0.226. The number of rotatable bonds is 8. The van der Waals surface area contributed by atoms with Crippen molar-refractivity contribution in [3.05, 3.63) is 64.4 Å². The van der Waals surface area contributed by atoms with Crippen LogP contribution in [-0.2, 0) is 29.0 Å². The molecule has 37 heavy (non-hydrogen) atoms. The van der Waals surface area contributed by atoms with Gasteiger partial charge in [-0.15, -0.1) is 0 Å². The third-order valence-electron chi connectivity index (χ3n) is 5.72. The van der Waals surface area contributed by atoms with Gasteiger partial charge in [-0.25, -0.2) is 9.59 Å². The summed E-state index contributed by atoms with van der Waals surface area (Å²) in [6.45, 7) is 2.74. The molecule has 7 N–H and O–H groups in total. The highest BCUT2D eigenvalue weighted by Gasteiger charge is 2.29. The summed E-state index contributed by atoms with van der Waals surface area (Å²) in [5.41, 5.74) is 6.83. The molecule has 0 bridgehead atoms. The van der Waals surface area contributed by atoms with Crippen molar-refractivity contribution >= 4 is 35.2 Å². The third-order valence-corrected chi connectivity index (χ3v) is 6.04. The maximum absolute atomic E-state index is 9.77. The first-order chi connectivity index (χ1) is 17.7. The number of nitrogens with one attached hydrogen (secondary N) is 3. The molecule has 1 aromatic heterocycles. The fourth-order valence-corrected chi connectivity index (χ4v) is 3.95. The minimum atomic E-state index is -2.27. The van der Waals surface area contributed by atoms with Crippen LogP contribution in [0.2, 0.25) is 5.02 Å². The van der Waals surface area contributed by atoms with Gasteiger partial charge in [0.1, 0.15) is 12.0 Å². The molecule has 2 heterocycles. The lowest BCUT2D eigenvalue weighted by atomic mass is 10.0. The highest BCUT2D eigenvalue weighted by atomic mass is 35.5. The number of aromatic nitrogens is 1. The average molecular weight is 533 g/mol. The fraction of sp³-hybridized carbons (Fsp3) is 0.320. The van der Waals surface area contributed by atoms with Crippen LogP contribution in [0.3, 0.4) is 0 Å². The number of hydrogen-bond acceptors (Lipinski definition) is 9. The van der Waals surface area contributed by atoms with Gasteiger partial charge < -0.3 is 40.8 Å².